The topological polar surface area (TPSA) is 67.4 Å². The number of hydrogen-bond donors (Lipinski definition) is 2. The van der Waals surface area contributed by atoms with Crippen molar-refractivity contribution in [1.29, 1.82) is 0 Å². The summed E-state index contributed by atoms with van der Waals surface area (Å²) in [5, 5.41) is 5.55. The summed E-state index contributed by atoms with van der Waals surface area (Å²) in [6, 6.07) is 7.76. The van der Waals surface area contributed by atoms with Crippen molar-refractivity contribution in [3.05, 3.63) is 24.3 Å². The van der Waals surface area contributed by atoms with E-state index < -0.39 is 0 Å². The van der Waals surface area contributed by atoms with Crippen LogP contribution in [0.15, 0.2) is 29.2 Å². The molecular formula is C16H24N2O3S. The van der Waals surface area contributed by atoms with Crippen LogP contribution in [0, 0.1) is 5.92 Å². The van der Waals surface area contributed by atoms with E-state index in [4.69, 9.17) is 4.74 Å². The first-order chi connectivity index (χ1) is 10.5. The Labute approximate surface area is 136 Å². The molecule has 0 heterocycles. The molecule has 0 unspecified atom stereocenters. The summed E-state index contributed by atoms with van der Waals surface area (Å²) in [6.07, 6.45) is 0.453. The minimum Gasteiger partial charge on any atom is -0.497 e. The quantitative estimate of drug-likeness (QED) is 0.539. The van der Waals surface area contributed by atoms with Gasteiger partial charge in [-0.2, -0.15) is 0 Å². The van der Waals surface area contributed by atoms with Gasteiger partial charge in [0.2, 0.25) is 11.8 Å². The summed E-state index contributed by atoms with van der Waals surface area (Å²) < 4.78 is 5.09. The second-order valence-corrected chi connectivity index (χ2v) is 6.24. The highest BCUT2D eigenvalue weighted by Crippen LogP contribution is 2.21. The number of ether oxygens (including phenoxy) is 1. The van der Waals surface area contributed by atoms with E-state index in [1.807, 2.05) is 38.1 Å². The zero-order valence-electron chi connectivity index (χ0n) is 13.3. The Balaban J connectivity index is 2.11. The average Bonchev–Trinajstić information content (AvgIpc) is 2.52. The summed E-state index contributed by atoms with van der Waals surface area (Å²) in [4.78, 5) is 24.1. The molecule has 0 aromatic heterocycles. The highest BCUT2D eigenvalue weighted by Gasteiger charge is 2.06. The smallest absolute Gasteiger partial charge is 0.222 e. The lowest BCUT2D eigenvalue weighted by molar-refractivity contribution is -0.124. The van der Waals surface area contributed by atoms with E-state index in [9.17, 15) is 9.59 Å². The molecular weight excluding hydrogens is 300 g/mol. The van der Waals surface area contributed by atoms with Crippen LogP contribution >= 0.6 is 11.8 Å². The van der Waals surface area contributed by atoms with E-state index in [1.54, 1.807) is 18.9 Å². The van der Waals surface area contributed by atoms with Crippen LogP contribution in [0.4, 0.5) is 0 Å². The molecule has 0 bridgehead atoms. The van der Waals surface area contributed by atoms with Gasteiger partial charge >= 0.3 is 0 Å². The second-order valence-electron chi connectivity index (χ2n) is 5.07. The summed E-state index contributed by atoms with van der Waals surface area (Å²) >= 11 is 1.63. The van der Waals surface area contributed by atoms with Crippen molar-refractivity contribution in [1.82, 2.24) is 10.6 Å². The zero-order chi connectivity index (χ0) is 16.4. The van der Waals surface area contributed by atoms with Gasteiger partial charge in [-0.05, 0) is 24.3 Å². The fraction of sp³-hybridized carbons (Fsp3) is 0.500. The lowest BCUT2D eigenvalue weighted by atomic mass is 10.2. The first-order valence-electron chi connectivity index (χ1n) is 7.34. The molecule has 0 atom stereocenters. The van der Waals surface area contributed by atoms with E-state index in [2.05, 4.69) is 10.6 Å². The van der Waals surface area contributed by atoms with Crippen LogP contribution in [-0.2, 0) is 9.59 Å². The molecule has 0 radical (unpaired) electrons. The van der Waals surface area contributed by atoms with Crippen LogP contribution in [-0.4, -0.2) is 37.8 Å². The predicted molar refractivity (Wildman–Crippen MR) is 89.2 cm³/mol. The largest absolute Gasteiger partial charge is 0.497 e. The van der Waals surface area contributed by atoms with Gasteiger partial charge in [0, 0.05) is 36.1 Å². The fourth-order valence-corrected chi connectivity index (χ4v) is 2.47. The van der Waals surface area contributed by atoms with Gasteiger partial charge < -0.3 is 15.4 Å². The average molecular weight is 324 g/mol. The van der Waals surface area contributed by atoms with E-state index in [0.717, 1.165) is 16.4 Å². The molecule has 0 aliphatic rings. The van der Waals surface area contributed by atoms with Gasteiger partial charge in [0.05, 0.1) is 7.11 Å². The molecule has 2 N–H and O–H groups in total. The number of amides is 2. The van der Waals surface area contributed by atoms with E-state index >= 15 is 0 Å². The molecule has 1 rings (SSSR count). The van der Waals surface area contributed by atoms with Crippen LogP contribution in [0.2, 0.25) is 0 Å². The molecule has 6 heteroatoms. The number of benzene rings is 1. The highest BCUT2D eigenvalue weighted by molar-refractivity contribution is 7.99. The molecule has 122 valence electrons. The fourth-order valence-electron chi connectivity index (χ4n) is 1.61. The van der Waals surface area contributed by atoms with Gasteiger partial charge in [-0.3, -0.25) is 9.59 Å². The Kier molecular flexibility index (Phi) is 8.43. The van der Waals surface area contributed by atoms with Gasteiger partial charge in [0.1, 0.15) is 5.75 Å². The molecule has 0 saturated carbocycles. The monoisotopic (exact) mass is 324 g/mol. The SMILES string of the molecule is COc1ccc(SCCC(=O)NCCNC(=O)C(C)C)cc1. The van der Waals surface area contributed by atoms with Crippen molar-refractivity contribution in [2.45, 2.75) is 25.2 Å². The van der Waals surface area contributed by atoms with Gasteiger partial charge in [-0.15, -0.1) is 11.8 Å². The minimum absolute atomic E-state index is 0.000178. The maximum absolute atomic E-state index is 11.7. The highest BCUT2D eigenvalue weighted by atomic mass is 32.2. The molecule has 1 aromatic carbocycles. The molecule has 0 aliphatic carbocycles. The zero-order valence-corrected chi connectivity index (χ0v) is 14.2. The Hall–Kier alpha value is -1.69. The molecule has 1 aromatic rings. The standard InChI is InChI=1S/C16H24N2O3S/c1-12(2)16(20)18-10-9-17-15(19)8-11-22-14-6-4-13(21-3)5-7-14/h4-7,12H,8-11H2,1-3H3,(H,17,19)(H,18,20). The number of thioether (sulfide) groups is 1. The Morgan fingerprint density at radius 2 is 1.77 bits per heavy atom. The van der Waals surface area contributed by atoms with Crippen LogP contribution in [0.3, 0.4) is 0 Å². The van der Waals surface area contributed by atoms with E-state index in [1.165, 1.54) is 0 Å². The summed E-state index contributed by atoms with van der Waals surface area (Å²) in [6.45, 7) is 4.60. The molecule has 22 heavy (non-hydrogen) atoms. The van der Waals surface area contributed by atoms with E-state index in [-0.39, 0.29) is 17.7 Å². The normalized spacial score (nSPS) is 10.4. The maximum atomic E-state index is 11.7. The number of methoxy groups -OCH3 is 1. The number of carbonyl (C=O) groups is 2. The molecule has 0 spiro atoms. The maximum Gasteiger partial charge on any atom is 0.222 e. The molecule has 0 saturated heterocycles. The first-order valence-corrected chi connectivity index (χ1v) is 8.32. The Morgan fingerprint density at radius 3 is 2.36 bits per heavy atom. The third-order valence-corrected chi connectivity index (χ3v) is 3.94. The van der Waals surface area contributed by atoms with Crippen molar-refractivity contribution >= 4 is 23.6 Å². The minimum atomic E-state index is -0.0309. The van der Waals surface area contributed by atoms with Crippen molar-refractivity contribution in [2.75, 3.05) is 26.0 Å². The number of carbonyl (C=O) groups excluding carboxylic acids is 2. The Bertz CT molecular complexity index is 475. The lowest BCUT2D eigenvalue weighted by Gasteiger charge is -2.08. The summed E-state index contributed by atoms with van der Waals surface area (Å²) in [7, 11) is 1.63. The first kappa shape index (κ1) is 18.4. The number of hydrogen-bond acceptors (Lipinski definition) is 4. The van der Waals surface area contributed by atoms with Crippen LogP contribution < -0.4 is 15.4 Å². The second kappa shape index (κ2) is 10.1. The van der Waals surface area contributed by atoms with Gasteiger partial charge in [-0.25, -0.2) is 0 Å². The van der Waals surface area contributed by atoms with Gasteiger partial charge in [0.25, 0.3) is 0 Å². The Morgan fingerprint density at radius 1 is 1.14 bits per heavy atom. The van der Waals surface area contributed by atoms with Crippen molar-refractivity contribution in [3.63, 3.8) is 0 Å². The van der Waals surface area contributed by atoms with Crippen LogP contribution in [0.5, 0.6) is 5.75 Å². The van der Waals surface area contributed by atoms with Crippen molar-refractivity contribution in [2.24, 2.45) is 5.92 Å². The molecule has 5 nitrogen and oxygen atoms in total. The number of nitrogens with one attached hydrogen (secondary N) is 2. The lowest BCUT2D eigenvalue weighted by Crippen LogP contribution is -2.36. The third kappa shape index (κ3) is 7.36. The van der Waals surface area contributed by atoms with E-state index in [0.29, 0.717) is 19.5 Å². The van der Waals surface area contributed by atoms with Crippen LogP contribution in [0.25, 0.3) is 0 Å². The third-order valence-electron chi connectivity index (χ3n) is 2.93. The van der Waals surface area contributed by atoms with Gasteiger partial charge in [0.15, 0.2) is 0 Å². The number of rotatable bonds is 9. The summed E-state index contributed by atoms with van der Waals surface area (Å²) in [5.41, 5.74) is 0. The molecule has 0 fully saturated rings. The van der Waals surface area contributed by atoms with Crippen molar-refractivity contribution in [3.8, 4) is 5.75 Å². The predicted octanol–water partition coefficient (Wildman–Crippen LogP) is 2.07. The van der Waals surface area contributed by atoms with Crippen molar-refractivity contribution < 1.29 is 14.3 Å². The molecule has 2 amide bonds. The van der Waals surface area contributed by atoms with Gasteiger partial charge in [-0.1, -0.05) is 13.8 Å². The summed E-state index contributed by atoms with van der Waals surface area (Å²) in [5.74, 6) is 1.52. The molecule has 0 aliphatic heterocycles. The van der Waals surface area contributed by atoms with Crippen LogP contribution in [0.1, 0.15) is 20.3 Å².